The molecule has 2 aromatic carbocycles. The quantitative estimate of drug-likeness (QED) is 0.741. The van der Waals surface area contributed by atoms with Gasteiger partial charge in [-0.05, 0) is 52.2 Å². The Balaban J connectivity index is 2.35. The number of aryl methyl sites for hydroxylation is 1. The molecule has 0 aliphatic carbocycles. The van der Waals surface area contributed by atoms with Gasteiger partial charge in [0, 0.05) is 15.6 Å². The smallest absolute Gasteiger partial charge is 0.194 e. The second-order valence-electron chi connectivity index (χ2n) is 4.40. The number of carbonyl (C=O) groups excluding carboxylic acids is 1. The van der Waals surface area contributed by atoms with Gasteiger partial charge < -0.3 is 0 Å². The van der Waals surface area contributed by atoms with Crippen LogP contribution in [0, 0.1) is 5.82 Å². The van der Waals surface area contributed by atoms with Gasteiger partial charge in [-0.1, -0.05) is 31.5 Å². The minimum Gasteiger partial charge on any atom is -0.289 e. The molecule has 0 amide bonds. The van der Waals surface area contributed by atoms with Crippen molar-refractivity contribution < 1.29 is 9.18 Å². The van der Waals surface area contributed by atoms with E-state index in [1.54, 1.807) is 6.07 Å². The molecule has 0 unspecified atom stereocenters. The fourth-order valence-corrected chi connectivity index (χ4v) is 2.52. The maximum Gasteiger partial charge on any atom is 0.194 e. The Morgan fingerprint density at radius 3 is 2.68 bits per heavy atom. The molecule has 19 heavy (non-hydrogen) atoms. The number of carbonyl (C=O) groups is 1. The number of benzene rings is 2. The normalized spacial score (nSPS) is 10.5. The van der Waals surface area contributed by atoms with Crippen LogP contribution in [0.1, 0.15) is 34.8 Å². The summed E-state index contributed by atoms with van der Waals surface area (Å²) in [5.74, 6) is -0.451. The van der Waals surface area contributed by atoms with Crippen molar-refractivity contribution in [3.05, 3.63) is 69.4 Å². The molecule has 0 fully saturated rings. The number of halogens is 2. The van der Waals surface area contributed by atoms with Crippen LogP contribution in [-0.4, -0.2) is 5.78 Å². The summed E-state index contributed by atoms with van der Waals surface area (Å²) < 4.78 is 13.5. The summed E-state index contributed by atoms with van der Waals surface area (Å²) in [6.07, 6.45) is 1.99. The van der Waals surface area contributed by atoms with Crippen molar-refractivity contribution in [2.75, 3.05) is 0 Å². The van der Waals surface area contributed by atoms with E-state index in [-0.39, 0.29) is 11.6 Å². The lowest BCUT2D eigenvalue weighted by molar-refractivity contribution is 0.103. The van der Waals surface area contributed by atoms with E-state index < -0.39 is 0 Å². The fraction of sp³-hybridized carbons (Fsp3) is 0.188. The lowest BCUT2D eigenvalue weighted by atomic mass is 10.00. The lowest BCUT2D eigenvalue weighted by Gasteiger charge is -2.06. The third kappa shape index (κ3) is 3.29. The van der Waals surface area contributed by atoms with E-state index in [1.807, 2.05) is 18.2 Å². The third-order valence-electron chi connectivity index (χ3n) is 2.90. The molecule has 1 nitrogen and oxygen atoms in total. The molecule has 98 valence electrons. The van der Waals surface area contributed by atoms with Crippen molar-refractivity contribution in [1.29, 1.82) is 0 Å². The molecule has 3 heteroatoms. The molecule has 0 radical (unpaired) electrons. The van der Waals surface area contributed by atoms with Crippen LogP contribution in [0.2, 0.25) is 0 Å². The summed E-state index contributed by atoms with van der Waals surface area (Å²) in [5, 5.41) is 0. The maximum absolute atomic E-state index is 13.0. The molecular weight excluding hydrogens is 307 g/mol. The number of hydrogen-bond acceptors (Lipinski definition) is 1. The van der Waals surface area contributed by atoms with Gasteiger partial charge in [0.2, 0.25) is 0 Å². The Morgan fingerprint density at radius 1 is 1.21 bits per heavy atom. The third-order valence-corrected chi connectivity index (χ3v) is 3.56. The highest BCUT2D eigenvalue weighted by Crippen LogP contribution is 2.22. The number of hydrogen-bond donors (Lipinski definition) is 0. The van der Waals surface area contributed by atoms with Gasteiger partial charge in [0.15, 0.2) is 5.78 Å². The van der Waals surface area contributed by atoms with Gasteiger partial charge in [-0.3, -0.25) is 4.79 Å². The van der Waals surface area contributed by atoms with E-state index in [1.165, 1.54) is 18.2 Å². The standard InChI is InChI=1S/C16H14BrFO/c1-2-4-11-5-3-6-12(9-11)16(19)14-8-7-13(18)10-15(14)17/h3,5-10H,2,4H2,1H3. The van der Waals surface area contributed by atoms with Gasteiger partial charge in [-0.2, -0.15) is 0 Å². The summed E-state index contributed by atoms with van der Waals surface area (Å²) in [6, 6.07) is 11.7. The Morgan fingerprint density at radius 2 is 2.00 bits per heavy atom. The molecule has 0 saturated carbocycles. The molecule has 0 aromatic heterocycles. The van der Waals surface area contributed by atoms with Crippen LogP contribution in [0.15, 0.2) is 46.9 Å². The van der Waals surface area contributed by atoms with Crippen LogP contribution in [0.25, 0.3) is 0 Å². The molecular formula is C16H14BrFO. The van der Waals surface area contributed by atoms with Crippen molar-refractivity contribution >= 4 is 21.7 Å². The monoisotopic (exact) mass is 320 g/mol. The topological polar surface area (TPSA) is 17.1 Å². The lowest BCUT2D eigenvalue weighted by Crippen LogP contribution is -2.03. The first kappa shape index (κ1) is 13.9. The maximum atomic E-state index is 13.0. The molecule has 0 spiro atoms. The predicted molar refractivity (Wildman–Crippen MR) is 78.0 cm³/mol. The van der Waals surface area contributed by atoms with Crippen LogP contribution < -0.4 is 0 Å². The zero-order valence-electron chi connectivity index (χ0n) is 10.6. The minimum atomic E-state index is -0.358. The second-order valence-corrected chi connectivity index (χ2v) is 5.26. The van der Waals surface area contributed by atoms with Gasteiger partial charge in [0.05, 0.1) is 0 Å². The fourth-order valence-electron chi connectivity index (χ4n) is 1.99. The van der Waals surface area contributed by atoms with Crippen molar-refractivity contribution in [3.63, 3.8) is 0 Å². The molecule has 2 rings (SSSR count). The first-order valence-corrected chi connectivity index (χ1v) is 7.00. The Labute approximate surface area is 120 Å². The zero-order chi connectivity index (χ0) is 13.8. The highest BCUT2D eigenvalue weighted by Gasteiger charge is 2.13. The van der Waals surface area contributed by atoms with E-state index in [4.69, 9.17) is 0 Å². The van der Waals surface area contributed by atoms with Gasteiger partial charge in [-0.25, -0.2) is 4.39 Å². The summed E-state index contributed by atoms with van der Waals surface area (Å²) >= 11 is 3.23. The van der Waals surface area contributed by atoms with Crippen LogP contribution in [-0.2, 0) is 6.42 Å². The Hall–Kier alpha value is -1.48. The SMILES string of the molecule is CCCc1cccc(C(=O)c2ccc(F)cc2Br)c1. The van der Waals surface area contributed by atoms with Crippen molar-refractivity contribution in [3.8, 4) is 0 Å². The second kappa shape index (κ2) is 6.11. The van der Waals surface area contributed by atoms with Crippen LogP contribution in [0.4, 0.5) is 4.39 Å². The van der Waals surface area contributed by atoms with E-state index in [9.17, 15) is 9.18 Å². The van der Waals surface area contributed by atoms with E-state index in [2.05, 4.69) is 22.9 Å². The highest BCUT2D eigenvalue weighted by atomic mass is 79.9. The molecule has 0 atom stereocenters. The molecule has 0 bridgehead atoms. The largest absolute Gasteiger partial charge is 0.289 e. The van der Waals surface area contributed by atoms with Crippen molar-refractivity contribution in [2.45, 2.75) is 19.8 Å². The van der Waals surface area contributed by atoms with Crippen LogP contribution in [0.3, 0.4) is 0 Å². The van der Waals surface area contributed by atoms with Gasteiger partial charge >= 0.3 is 0 Å². The molecule has 0 aliphatic rings. The average molecular weight is 321 g/mol. The van der Waals surface area contributed by atoms with Crippen LogP contribution >= 0.6 is 15.9 Å². The summed E-state index contributed by atoms with van der Waals surface area (Å²) in [7, 11) is 0. The Bertz CT molecular complexity index is 607. The van der Waals surface area contributed by atoms with Gasteiger partial charge in [-0.15, -0.1) is 0 Å². The van der Waals surface area contributed by atoms with E-state index in [0.717, 1.165) is 18.4 Å². The molecule has 0 saturated heterocycles. The van der Waals surface area contributed by atoms with Crippen molar-refractivity contribution in [2.24, 2.45) is 0 Å². The highest BCUT2D eigenvalue weighted by molar-refractivity contribution is 9.10. The minimum absolute atomic E-state index is 0.0928. The molecule has 2 aromatic rings. The first-order valence-electron chi connectivity index (χ1n) is 6.20. The van der Waals surface area contributed by atoms with Gasteiger partial charge in [0.25, 0.3) is 0 Å². The van der Waals surface area contributed by atoms with E-state index >= 15 is 0 Å². The summed E-state index contributed by atoms with van der Waals surface area (Å²) in [5.41, 5.74) is 2.26. The van der Waals surface area contributed by atoms with Crippen molar-refractivity contribution in [1.82, 2.24) is 0 Å². The first-order chi connectivity index (χ1) is 9.11. The van der Waals surface area contributed by atoms with Gasteiger partial charge in [0.1, 0.15) is 5.82 Å². The average Bonchev–Trinajstić information content (AvgIpc) is 2.39. The zero-order valence-corrected chi connectivity index (χ0v) is 12.2. The predicted octanol–water partition coefficient (Wildman–Crippen LogP) is 4.77. The molecule has 0 N–H and O–H groups in total. The summed E-state index contributed by atoms with van der Waals surface area (Å²) in [6.45, 7) is 2.10. The van der Waals surface area contributed by atoms with Crippen LogP contribution in [0.5, 0.6) is 0 Å². The molecule has 0 heterocycles. The number of rotatable bonds is 4. The number of ketones is 1. The van der Waals surface area contributed by atoms with E-state index in [0.29, 0.717) is 15.6 Å². The Kier molecular flexibility index (Phi) is 4.48. The molecule has 0 aliphatic heterocycles. The summed E-state index contributed by atoms with van der Waals surface area (Å²) in [4.78, 5) is 12.4.